The minimum absolute atomic E-state index is 0.347. The fourth-order valence-corrected chi connectivity index (χ4v) is 3.82. The number of rotatable bonds is 4. The largest absolute Gasteiger partial charge is 0.489 e. The van der Waals surface area contributed by atoms with Gasteiger partial charge in [-0.25, -0.2) is 0 Å². The summed E-state index contributed by atoms with van der Waals surface area (Å²) >= 11 is 1.81. The van der Waals surface area contributed by atoms with Crippen LogP contribution in [0.25, 0.3) is 0 Å². The minimum atomic E-state index is 0.347. The Bertz CT molecular complexity index is 722. The van der Waals surface area contributed by atoms with Gasteiger partial charge >= 0.3 is 0 Å². The Morgan fingerprint density at radius 1 is 1.08 bits per heavy atom. The van der Waals surface area contributed by atoms with E-state index >= 15 is 0 Å². The van der Waals surface area contributed by atoms with Gasteiger partial charge in [0.1, 0.15) is 11.9 Å². The van der Waals surface area contributed by atoms with E-state index in [2.05, 4.69) is 29.6 Å². The Labute approximate surface area is 146 Å². The summed E-state index contributed by atoms with van der Waals surface area (Å²) in [4.78, 5) is 1.23. The topological polar surface area (TPSA) is 39.7 Å². The lowest BCUT2D eigenvalue weighted by atomic mass is 10.1. The lowest BCUT2D eigenvalue weighted by molar-refractivity contribution is 0.174. The number of hydrogen-bond donors (Lipinski definition) is 1. The van der Waals surface area contributed by atoms with Crippen molar-refractivity contribution in [3.8, 4) is 17.2 Å². The first-order valence-corrected chi connectivity index (χ1v) is 9.26. The number of thioether (sulfide) groups is 1. The smallest absolute Gasteiger partial charge is 0.231 e. The third-order valence-electron chi connectivity index (χ3n) is 4.29. The second-order valence-electron chi connectivity index (χ2n) is 6.00. The van der Waals surface area contributed by atoms with E-state index in [0.717, 1.165) is 35.5 Å². The van der Waals surface area contributed by atoms with Crippen molar-refractivity contribution in [2.45, 2.75) is 23.3 Å². The first kappa shape index (κ1) is 15.7. The van der Waals surface area contributed by atoms with E-state index in [-0.39, 0.29) is 0 Å². The SMILES string of the molecule is CNCCSc1ccc2c(c1)OCO2.c1ccc2c(c1)OC1CC21. The van der Waals surface area contributed by atoms with Gasteiger partial charge in [-0.3, -0.25) is 0 Å². The van der Waals surface area contributed by atoms with Crippen LogP contribution in [0.15, 0.2) is 47.4 Å². The molecule has 1 N–H and O–H groups in total. The van der Waals surface area contributed by atoms with Gasteiger partial charge < -0.3 is 19.5 Å². The number of ether oxygens (including phenoxy) is 3. The summed E-state index contributed by atoms with van der Waals surface area (Å²) in [5, 5.41) is 3.11. The summed E-state index contributed by atoms with van der Waals surface area (Å²) < 4.78 is 16.1. The van der Waals surface area contributed by atoms with Crippen molar-refractivity contribution in [2.24, 2.45) is 0 Å². The molecule has 2 unspecified atom stereocenters. The molecular weight excluding hydrogens is 322 g/mol. The Kier molecular flexibility index (Phi) is 4.54. The first-order valence-electron chi connectivity index (χ1n) is 8.28. The highest BCUT2D eigenvalue weighted by atomic mass is 32.2. The third kappa shape index (κ3) is 3.32. The summed E-state index contributed by atoms with van der Waals surface area (Å²) in [6.45, 7) is 1.36. The number of nitrogens with one attached hydrogen (secondary N) is 1. The maximum absolute atomic E-state index is 5.58. The van der Waals surface area contributed by atoms with E-state index in [1.165, 1.54) is 16.9 Å². The number of benzene rings is 2. The number of hydrogen-bond acceptors (Lipinski definition) is 5. The molecule has 0 saturated heterocycles. The summed E-state index contributed by atoms with van der Waals surface area (Å²) in [5.41, 5.74) is 1.42. The second-order valence-corrected chi connectivity index (χ2v) is 7.17. The van der Waals surface area contributed by atoms with Crippen LogP contribution in [-0.4, -0.2) is 32.2 Å². The predicted molar refractivity (Wildman–Crippen MR) is 95.4 cm³/mol. The average Bonchev–Trinajstić information content (AvgIpc) is 3.06. The van der Waals surface area contributed by atoms with Crippen molar-refractivity contribution in [3.05, 3.63) is 48.0 Å². The Hall–Kier alpha value is -1.85. The maximum Gasteiger partial charge on any atom is 0.231 e. The zero-order valence-electron chi connectivity index (χ0n) is 13.7. The van der Waals surface area contributed by atoms with Crippen molar-refractivity contribution in [1.29, 1.82) is 0 Å². The van der Waals surface area contributed by atoms with Gasteiger partial charge in [-0.05, 0) is 37.7 Å². The molecule has 1 saturated carbocycles. The van der Waals surface area contributed by atoms with Gasteiger partial charge in [-0.2, -0.15) is 0 Å². The van der Waals surface area contributed by atoms with Gasteiger partial charge in [0.15, 0.2) is 11.5 Å². The van der Waals surface area contributed by atoms with E-state index < -0.39 is 0 Å². The molecule has 0 bridgehead atoms. The normalized spacial score (nSPS) is 21.2. The molecule has 0 amide bonds. The molecule has 0 aromatic heterocycles. The molecule has 2 aliphatic heterocycles. The van der Waals surface area contributed by atoms with E-state index in [1.807, 2.05) is 37.0 Å². The van der Waals surface area contributed by atoms with Crippen molar-refractivity contribution in [2.75, 3.05) is 26.1 Å². The van der Waals surface area contributed by atoms with Crippen LogP contribution < -0.4 is 19.5 Å². The maximum atomic E-state index is 5.58. The molecule has 2 aromatic carbocycles. The fourth-order valence-electron chi connectivity index (χ4n) is 2.92. The van der Waals surface area contributed by atoms with Gasteiger partial charge in [0.25, 0.3) is 0 Å². The monoisotopic (exact) mass is 343 g/mol. The van der Waals surface area contributed by atoms with Gasteiger partial charge in [-0.1, -0.05) is 18.2 Å². The molecule has 126 valence electrons. The molecular formula is C19H21NO3S. The van der Waals surface area contributed by atoms with Crippen molar-refractivity contribution in [1.82, 2.24) is 5.32 Å². The van der Waals surface area contributed by atoms with Crippen LogP contribution in [0.2, 0.25) is 0 Å². The van der Waals surface area contributed by atoms with Crippen LogP contribution >= 0.6 is 11.8 Å². The van der Waals surface area contributed by atoms with E-state index in [4.69, 9.17) is 14.2 Å². The quantitative estimate of drug-likeness (QED) is 0.678. The Morgan fingerprint density at radius 2 is 1.96 bits per heavy atom. The van der Waals surface area contributed by atoms with Crippen LogP contribution in [-0.2, 0) is 0 Å². The van der Waals surface area contributed by atoms with Crippen LogP contribution in [0, 0.1) is 0 Å². The van der Waals surface area contributed by atoms with Crippen LogP contribution in [0.5, 0.6) is 17.2 Å². The molecule has 24 heavy (non-hydrogen) atoms. The molecule has 4 nitrogen and oxygen atoms in total. The van der Waals surface area contributed by atoms with Crippen LogP contribution in [0.4, 0.5) is 0 Å². The van der Waals surface area contributed by atoms with Crippen molar-refractivity contribution in [3.63, 3.8) is 0 Å². The highest BCUT2D eigenvalue weighted by Gasteiger charge is 2.47. The molecule has 3 aliphatic rings. The van der Waals surface area contributed by atoms with Gasteiger partial charge in [0.05, 0.1) is 0 Å². The summed E-state index contributed by atoms with van der Waals surface area (Å²) in [7, 11) is 1.96. The van der Waals surface area contributed by atoms with E-state index in [1.54, 1.807) is 0 Å². The molecule has 1 fully saturated rings. The molecule has 5 rings (SSSR count). The number of para-hydroxylation sites is 1. The average molecular weight is 343 g/mol. The predicted octanol–water partition coefficient (Wildman–Crippen LogP) is 3.66. The van der Waals surface area contributed by atoms with Crippen molar-refractivity contribution < 1.29 is 14.2 Å². The van der Waals surface area contributed by atoms with Crippen LogP contribution in [0.1, 0.15) is 17.9 Å². The highest BCUT2D eigenvalue weighted by Crippen LogP contribution is 2.53. The van der Waals surface area contributed by atoms with Crippen LogP contribution in [0.3, 0.4) is 0 Å². The van der Waals surface area contributed by atoms with Crippen molar-refractivity contribution >= 4 is 11.8 Å². The van der Waals surface area contributed by atoms with Gasteiger partial charge in [0, 0.05) is 28.7 Å². The van der Waals surface area contributed by atoms with Gasteiger partial charge in [0.2, 0.25) is 6.79 Å². The molecule has 2 heterocycles. The van der Waals surface area contributed by atoms with E-state index in [0.29, 0.717) is 12.9 Å². The summed E-state index contributed by atoms with van der Waals surface area (Å²) in [6.07, 6.45) is 1.79. The lowest BCUT2D eigenvalue weighted by Gasteiger charge is -2.02. The fraction of sp³-hybridized carbons (Fsp3) is 0.368. The summed E-state index contributed by atoms with van der Waals surface area (Å²) in [5.74, 6) is 4.64. The zero-order chi connectivity index (χ0) is 16.4. The lowest BCUT2D eigenvalue weighted by Crippen LogP contribution is -2.09. The van der Waals surface area contributed by atoms with E-state index in [9.17, 15) is 0 Å². The Morgan fingerprint density at radius 3 is 2.83 bits per heavy atom. The first-order chi connectivity index (χ1) is 11.8. The summed E-state index contributed by atoms with van der Waals surface area (Å²) in [6, 6.07) is 14.4. The minimum Gasteiger partial charge on any atom is -0.489 e. The molecule has 2 atom stereocenters. The Balaban J connectivity index is 0.000000127. The standard InChI is InChI=1S/C10H13NO2S.C9H8O/c1-11-4-5-14-8-2-3-9-10(6-8)13-7-12-9;1-2-4-8-6(3-1)7-5-9(7)10-8/h2-3,6,11H,4-5,7H2,1H3;1-4,7,9H,5H2. The second kappa shape index (κ2) is 6.95. The highest BCUT2D eigenvalue weighted by molar-refractivity contribution is 7.99. The molecule has 1 aliphatic carbocycles. The number of fused-ring (bicyclic) bond motifs is 4. The third-order valence-corrected chi connectivity index (χ3v) is 5.29. The zero-order valence-corrected chi connectivity index (χ0v) is 14.5. The van der Waals surface area contributed by atoms with Gasteiger partial charge in [-0.15, -0.1) is 11.8 Å². The molecule has 0 radical (unpaired) electrons. The molecule has 5 heteroatoms. The molecule has 0 spiro atoms. The molecule has 2 aromatic rings.